The van der Waals surface area contributed by atoms with E-state index in [4.69, 9.17) is 14.5 Å². The summed E-state index contributed by atoms with van der Waals surface area (Å²) < 4.78 is 11.0. The summed E-state index contributed by atoms with van der Waals surface area (Å²) in [7, 11) is 3.24. The van der Waals surface area contributed by atoms with Crippen LogP contribution in [0, 0.1) is 11.8 Å². The number of aliphatic carboxylic acids is 1. The molecule has 34 heavy (non-hydrogen) atoms. The van der Waals surface area contributed by atoms with Gasteiger partial charge in [-0.15, -0.1) is 0 Å². The Morgan fingerprint density at radius 2 is 1.82 bits per heavy atom. The van der Waals surface area contributed by atoms with Crippen LogP contribution in [0.5, 0.6) is 11.5 Å². The number of piperidine rings is 1. The molecule has 180 valence electrons. The van der Waals surface area contributed by atoms with Gasteiger partial charge in [-0.1, -0.05) is 30.3 Å². The molecule has 0 aliphatic carbocycles. The van der Waals surface area contributed by atoms with E-state index in [1.165, 1.54) is 0 Å². The second kappa shape index (κ2) is 10.7. The molecule has 0 spiro atoms. The summed E-state index contributed by atoms with van der Waals surface area (Å²) in [5.41, 5.74) is 4.14. The number of carbonyl (C=O) groups excluding carboxylic acids is 1. The third kappa shape index (κ3) is 5.41. The molecule has 0 saturated carbocycles. The number of carbonyl (C=O) groups is 2. The van der Waals surface area contributed by atoms with E-state index in [1.54, 1.807) is 14.2 Å². The molecule has 2 atom stereocenters. The van der Waals surface area contributed by atoms with E-state index in [0.717, 1.165) is 28.8 Å². The van der Waals surface area contributed by atoms with Crippen molar-refractivity contribution in [3.63, 3.8) is 0 Å². The minimum Gasteiger partial charge on any atom is -0.493 e. The first kappa shape index (κ1) is 23.8. The van der Waals surface area contributed by atoms with Crippen molar-refractivity contribution in [3.05, 3.63) is 59.2 Å². The number of hydrogen-bond donors (Lipinski definition) is 1. The first-order valence-corrected chi connectivity index (χ1v) is 11.8. The van der Waals surface area contributed by atoms with Crippen LogP contribution in [0.3, 0.4) is 0 Å². The number of ether oxygens (including phenoxy) is 2. The van der Waals surface area contributed by atoms with Crippen molar-refractivity contribution in [2.24, 2.45) is 16.8 Å². The predicted molar refractivity (Wildman–Crippen MR) is 130 cm³/mol. The molecule has 2 aliphatic heterocycles. The van der Waals surface area contributed by atoms with Gasteiger partial charge < -0.3 is 19.5 Å². The lowest BCUT2D eigenvalue weighted by molar-refractivity contribution is -0.139. The maximum Gasteiger partial charge on any atom is 0.303 e. The third-order valence-electron chi connectivity index (χ3n) is 6.94. The minimum absolute atomic E-state index is 0.00601. The van der Waals surface area contributed by atoms with Crippen molar-refractivity contribution in [2.75, 3.05) is 33.9 Å². The van der Waals surface area contributed by atoms with Gasteiger partial charge in [0.05, 0.1) is 20.6 Å². The van der Waals surface area contributed by atoms with Crippen molar-refractivity contribution in [3.8, 4) is 11.5 Å². The monoisotopic (exact) mass is 464 g/mol. The zero-order valence-corrected chi connectivity index (χ0v) is 19.8. The Labute approximate surface area is 200 Å². The third-order valence-corrected chi connectivity index (χ3v) is 6.94. The Morgan fingerprint density at radius 3 is 2.53 bits per heavy atom. The molecule has 1 saturated heterocycles. The van der Waals surface area contributed by atoms with Crippen LogP contribution in [0.4, 0.5) is 0 Å². The molecule has 0 aromatic heterocycles. The molecule has 1 amide bonds. The van der Waals surface area contributed by atoms with E-state index in [0.29, 0.717) is 50.4 Å². The van der Waals surface area contributed by atoms with Crippen molar-refractivity contribution in [1.29, 1.82) is 0 Å². The van der Waals surface area contributed by atoms with E-state index in [-0.39, 0.29) is 24.2 Å². The highest BCUT2D eigenvalue weighted by Crippen LogP contribution is 2.36. The number of aliphatic imine (C=N–C) groups is 1. The fourth-order valence-corrected chi connectivity index (χ4v) is 5.13. The van der Waals surface area contributed by atoms with Crippen LogP contribution in [-0.2, 0) is 22.4 Å². The number of likely N-dealkylation sites (tertiary alicyclic amines) is 1. The molecular formula is C27H32N2O5. The molecule has 7 heteroatoms. The molecule has 2 heterocycles. The maximum absolute atomic E-state index is 13.0. The van der Waals surface area contributed by atoms with Crippen molar-refractivity contribution in [2.45, 2.75) is 32.1 Å². The molecule has 0 radical (unpaired) electrons. The van der Waals surface area contributed by atoms with E-state index in [2.05, 4.69) is 0 Å². The highest BCUT2D eigenvalue weighted by molar-refractivity contribution is 6.03. The highest BCUT2D eigenvalue weighted by Gasteiger charge is 2.34. The average Bonchev–Trinajstić information content (AvgIpc) is 2.84. The van der Waals surface area contributed by atoms with Gasteiger partial charge in [-0.3, -0.25) is 14.6 Å². The number of hydrogen-bond acceptors (Lipinski definition) is 5. The SMILES string of the molecule is COc1cc2c(cc1OC)C(C[C@H]1CN(C(=O)Cc3ccccc3)CC[C@H]1CC(=O)O)=NCC2. The summed E-state index contributed by atoms with van der Waals surface area (Å²) in [5.74, 6) is 0.676. The van der Waals surface area contributed by atoms with Crippen molar-refractivity contribution < 1.29 is 24.2 Å². The molecule has 0 unspecified atom stereocenters. The lowest BCUT2D eigenvalue weighted by Crippen LogP contribution is -2.45. The zero-order valence-electron chi connectivity index (χ0n) is 19.8. The zero-order chi connectivity index (χ0) is 24.1. The number of benzene rings is 2. The second-order valence-corrected chi connectivity index (χ2v) is 9.06. The van der Waals surface area contributed by atoms with Crippen LogP contribution in [0.15, 0.2) is 47.5 Å². The van der Waals surface area contributed by atoms with Gasteiger partial charge in [-0.25, -0.2) is 0 Å². The summed E-state index contributed by atoms with van der Waals surface area (Å²) in [5, 5.41) is 9.50. The summed E-state index contributed by atoms with van der Waals surface area (Å²) in [4.78, 5) is 31.3. The van der Waals surface area contributed by atoms with Gasteiger partial charge in [0.25, 0.3) is 0 Å². The number of fused-ring (bicyclic) bond motifs is 1. The van der Waals surface area contributed by atoms with Crippen molar-refractivity contribution >= 4 is 17.6 Å². The van der Waals surface area contributed by atoms with E-state index in [1.807, 2.05) is 47.4 Å². The summed E-state index contributed by atoms with van der Waals surface area (Å²) in [6.45, 7) is 1.82. The Hall–Kier alpha value is -3.35. The Bertz CT molecular complexity index is 1070. The molecule has 1 fully saturated rings. The molecule has 1 N–H and O–H groups in total. The molecule has 0 bridgehead atoms. The van der Waals surface area contributed by atoms with Gasteiger partial charge in [0.2, 0.25) is 5.91 Å². The number of methoxy groups -OCH3 is 2. The molecular weight excluding hydrogens is 432 g/mol. The molecule has 2 aliphatic rings. The lowest BCUT2D eigenvalue weighted by Gasteiger charge is -2.39. The van der Waals surface area contributed by atoms with Gasteiger partial charge >= 0.3 is 5.97 Å². The lowest BCUT2D eigenvalue weighted by atomic mass is 9.78. The summed E-state index contributed by atoms with van der Waals surface area (Å²) in [6, 6.07) is 13.7. The average molecular weight is 465 g/mol. The second-order valence-electron chi connectivity index (χ2n) is 9.06. The van der Waals surface area contributed by atoms with Crippen LogP contribution in [0.25, 0.3) is 0 Å². The van der Waals surface area contributed by atoms with E-state index < -0.39 is 5.97 Å². The number of carboxylic acid groups (broad SMARTS) is 1. The molecule has 4 rings (SSSR count). The smallest absolute Gasteiger partial charge is 0.303 e. The van der Waals surface area contributed by atoms with Crippen LogP contribution in [0.1, 0.15) is 36.0 Å². The first-order chi connectivity index (χ1) is 16.5. The minimum atomic E-state index is -0.795. The normalized spacial score (nSPS) is 19.7. The molecule has 2 aromatic rings. The number of carboxylic acids is 1. The topological polar surface area (TPSA) is 88.4 Å². The fraction of sp³-hybridized carbons (Fsp3) is 0.444. The van der Waals surface area contributed by atoms with Gasteiger partial charge in [0.15, 0.2) is 11.5 Å². The number of nitrogens with zero attached hydrogens (tertiary/aromatic N) is 2. The quantitative estimate of drug-likeness (QED) is 0.645. The molecule has 2 aromatic carbocycles. The van der Waals surface area contributed by atoms with Gasteiger partial charge in [0.1, 0.15) is 0 Å². The highest BCUT2D eigenvalue weighted by atomic mass is 16.5. The summed E-state index contributed by atoms with van der Waals surface area (Å²) >= 11 is 0. The number of amides is 1. The molecule has 7 nitrogen and oxygen atoms in total. The summed E-state index contributed by atoms with van der Waals surface area (Å²) in [6.07, 6.45) is 2.61. The first-order valence-electron chi connectivity index (χ1n) is 11.8. The van der Waals surface area contributed by atoms with Crippen LogP contribution in [-0.4, -0.2) is 61.4 Å². The van der Waals surface area contributed by atoms with Crippen LogP contribution < -0.4 is 9.47 Å². The maximum atomic E-state index is 13.0. The van der Waals surface area contributed by atoms with E-state index in [9.17, 15) is 14.7 Å². The van der Waals surface area contributed by atoms with Gasteiger partial charge in [0, 0.05) is 37.3 Å². The largest absolute Gasteiger partial charge is 0.493 e. The number of rotatable bonds is 8. The van der Waals surface area contributed by atoms with Gasteiger partial charge in [-0.2, -0.15) is 0 Å². The standard InChI is InChI=1S/C27H32N2O5/c1-33-24-14-20-8-10-28-23(22(20)16-25(24)34-2)13-21-17-29(11-9-19(21)15-27(31)32)26(30)12-18-6-4-3-5-7-18/h3-7,14,16,19,21H,8-13,15,17H2,1-2H3,(H,31,32)/t19-,21-/m0/s1. The van der Waals surface area contributed by atoms with Crippen LogP contribution >= 0.6 is 0 Å². The Morgan fingerprint density at radius 1 is 1.09 bits per heavy atom. The Balaban J connectivity index is 1.54. The van der Waals surface area contributed by atoms with E-state index >= 15 is 0 Å². The van der Waals surface area contributed by atoms with Gasteiger partial charge in [-0.05, 0) is 54.4 Å². The van der Waals surface area contributed by atoms with Crippen LogP contribution in [0.2, 0.25) is 0 Å². The van der Waals surface area contributed by atoms with Crippen molar-refractivity contribution in [1.82, 2.24) is 4.90 Å². The Kier molecular flexibility index (Phi) is 7.50. The fourth-order valence-electron chi connectivity index (χ4n) is 5.13. The predicted octanol–water partition coefficient (Wildman–Crippen LogP) is 3.62.